The molecule has 5 nitrogen and oxygen atoms in total. The Kier molecular flexibility index (Phi) is 39.1. The molecule has 0 aromatic rings. The third-order valence-electron chi connectivity index (χ3n) is 5.91. The molecule has 0 aromatic heterocycles. The summed E-state index contributed by atoms with van der Waals surface area (Å²) in [4.78, 5) is 0. The molecule has 210 valence electrons. The van der Waals surface area contributed by atoms with E-state index in [1.54, 1.807) is 0 Å². The molecule has 8 heteroatoms. The summed E-state index contributed by atoms with van der Waals surface area (Å²) in [5, 5.41) is 0. The summed E-state index contributed by atoms with van der Waals surface area (Å²) >= 11 is 0. The van der Waals surface area contributed by atoms with Gasteiger partial charge in [0.2, 0.25) is 10.4 Å². The van der Waals surface area contributed by atoms with Crippen LogP contribution >= 0.6 is 0 Å². The molecule has 0 aliphatic heterocycles. The monoisotopic (exact) mass is 595 g/mol. The maximum Gasteiger partial charge on any atom is 1.00 e. The summed E-state index contributed by atoms with van der Waals surface area (Å²) in [6, 6.07) is 0. The summed E-state index contributed by atoms with van der Waals surface area (Å²) in [6.45, 7) is 5.78. The van der Waals surface area contributed by atoms with Crippen molar-refractivity contribution in [3.63, 3.8) is 0 Å². The van der Waals surface area contributed by atoms with Crippen LogP contribution in [0.4, 0.5) is 0 Å². The van der Waals surface area contributed by atoms with Gasteiger partial charge in [-0.05, 0) is 19.3 Å². The molecule has 0 rings (SSSR count). The van der Waals surface area contributed by atoms with Crippen LogP contribution in [0.25, 0.3) is 0 Å². The summed E-state index contributed by atoms with van der Waals surface area (Å²) in [6.07, 6.45) is 26.6. The van der Waals surface area contributed by atoms with Crippen molar-refractivity contribution in [2.75, 3.05) is 34.3 Å². The van der Waals surface area contributed by atoms with E-state index in [1.165, 1.54) is 116 Å². The fourth-order valence-corrected chi connectivity index (χ4v) is 4.15. The zero-order valence-corrected chi connectivity index (χ0v) is 28.8. The summed E-state index contributed by atoms with van der Waals surface area (Å²) in [5.41, 5.74) is 0. The minimum atomic E-state index is -4.47. The van der Waals surface area contributed by atoms with E-state index in [2.05, 4.69) is 39.2 Å². The van der Waals surface area contributed by atoms with Crippen LogP contribution in [0.1, 0.15) is 142 Å². The van der Waals surface area contributed by atoms with E-state index in [0.29, 0.717) is 6.42 Å². The Bertz CT molecular complexity index is 488. The molecule has 0 heterocycles. The second-order valence-corrected chi connectivity index (χ2v) is 11.7. The van der Waals surface area contributed by atoms with Gasteiger partial charge in [-0.3, -0.25) is 4.18 Å². The van der Waals surface area contributed by atoms with Crippen LogP contribution in [0.2, 0.25) is 0 Å². The Morgan fingerprint density at radius 1 is 0.571 bits per heavy atom. The van der Waals surface area contributed by atoms with Gasteiger partial charge in [-0.15, -0.1) is 0 Å². The first-order valence-electron chi connectivity index (χ1n) is 14.0. The van der Waals surface area contributed by atoms with Gasteiger partial charge in [0, 0.05) is 0 Å². The van der Waals surface area contributed by atoms with Crippen LogP contribution in [0.15, 0.2) is 0 Å². The van der Waals surface area contributed by atoms with E-state index in [0.717, 1.165) is 17.3 Å². The minimum absolute atomic E-state index is 0. The number of quaternary nitrogens is 1. The summed E-state index contributed by atoms with van der Waals surface area (Å²) < 4.78 is 35.1. The van der Waals surface area contributed by atoms with Crippen LogP contribution in [0.5, 0.6) is 0 Å². The average Bonchev–Trinajstić information content (AvgIpc) is 2.72. The van der Waals surface area contributed by atoms with Crippen LogP contribution in [0, 0.1) is 0 Å². The van der Waals surface area contributed by atoms with Crippen molar-refractivity contribution in [1.82, 2.24) is 0 Å². The third-order valence-corrected chi connectivity index (χ3v) is 6.36. The van der Waals surface area contributed by atoms with Gasteiger partial charge in [0.25, 0.3) is 0 Å². The molecular weight excluding hydrogens is 537 g/mol. The largest absolute Gasteiger partial charge is 1.00 e. The van der Waals surface area contributed by atoms with Gasteiger partial charge in [0.15, 0.2) is 0 Å². The number of hydrogen-bond acceptors (Lipinski definition) is 4. The van der Waals surface area contributed by atoms with Crippen molar-refractivity contribution >= 4 is 10.4 Å². The fourth-order valence-electron chi connectivity index (χ4n) is 3.82. The normalized spacial score (nSPS) is 11.3. The van der Waals surface area contributed by atoms with Gasteiger partial charge in [0.05, 0.1) is 34.3 Å². The van der Waals surface area contributed by atoms with Crippen LogP contribution in [-0.2, 0) is 14.6 Å². The van der Waals surface area contributed by atoms with E-state index in [1.807, 2.05) is 0 Å². The molecular formula is C27H59BrNNaO4S. The number of hydrogen-bond donors (Lipinski definition) is 0. The summed E-state index contributed by atoms with van der Waals surface area (Å²) in [5.74, 6) is 0. The molecule has 0 unspecified atom stereocenters. The van der Waals surface area contributed by atoms with Crippen molar-refractivity contribution < 1.29 is 68.2 Å². The molecule has 0 aliphatic rings. The molecule has 0 aromatic carbocycles. The van der Waals surface area contributed by atoms with Crippen LogP contribution < -0.4 is 46.5 Å². The molecule has 0 saturated carbocycles. The summed E-state index contributed by atoms with van der Waals surface area (Å²) in [7, 11) is 2.41. The number of nitrogens with zero attached hydrogens (tertiary/aromatic N) is 1. The quantitative estimate of drug-likeness (QED) is 0.0596. The molecule has 0 aliphatic carbocycles. The van der Waals surface area contributed by atoms with Gasteiger partial charge in [0.1, 0.15) is 0 Å². The topological polar surface area (TPSA) is 66.4 Å². The second kappa shape index (κ2) is 31.5. The SMILES string of the molecule is CCCCCCCCCCCCCCCC[N+](C)(C)C.CCCCCCCCOS(=O)(=O)[O-].[Br-].[Na+]. The molecule has 0 radical (unpaired) electrons. The van der Waals surface area contributed by atoms with Crippen LogP contribution in [-0.4, -0.2) is 51.7 Å². The second-order valence-electron chi connectivity index (χ2n) is 10.6. The predicted molar refractivity (Wildman–Crippen MR) is 142 cm³/mol. The molecule has 0 spiro atoms. The van der Waals surface area contributed by atoms with E-state index in [4.69, 9.17) is 0 Å². The van der Waals surface area contributed by atoms with Gasteiger partial charge >= 0.3 is 29.6 Å². The molecule has 35 heavy (non-hydrogen) atoms. The molecule has 0 N–H and O–H groups in total. The van der Waals surface area contributed by atoms with Crippen molar-refractivity contribution in [3.8, 4) is 0 Å². The van der Waals surface area contributed by atoms with Gasteiger partial charge in [-0.25, -0.2) is 8.42 Å². The van der Waals surface area contributed by atoms with Crippen LogP contribution in [0.3, 0.4) is 0 Å². The van der Waals surface area contributed by atoms with Crippen molar-refractivity contribution in [2.24, 2.45) is 0 Å². The Morgan fingerprint density at radius 2 is 0.857 bits per heavy atom. The average molecular weight is 597 g/mol. The standard InChI is InChI=1S/C19H42N.C8H18O4S.BrH.Na/c1-5-6-7-8-9-10-11-12-13-14-15-16-17-18-19-20(2,3)4;1-2-3-4-5-6-7-8-12-13(9,10)11;;/h5-19H2,1-4H3;2-8H2,1H3,(H,9,10,11);1H;/q+1;;;+1/p-2. The van der Waals surface area contributed by atoms with Crippen molar-refractivity contribution in [3.05, 3.63) is 0 Å². The zero-order chi connectivity index (χ0) is 25.3. The van der Waals surface area contributed by atoms with Gasteiger partial charge < -0.3 is 26.0 Å². The maximum atomic E-state index is 9.99. The van der Waals surface area contributed by atoms with E-state index in [9.17, 15) is 13.0 Å². The Labute approximate surface area is 253 Å². The first kappa shape index (κ1) is 43.4. The first-order valence-corrected chi connectivity index (χ1v) is 15.4. The predicted octanol–water partition coefficient (Wildman–Crippen LogP) is 2.01. The molecule has 0 bridgehead atoms. The van der Waals surface area contributed by atoms with Crippen molar-refractivity contribution in [1.29, 1.82) is 0 Å². The Balaban J connectivity index is -0.000000281. The Morgan fingerprint density at radius 3 is 1.14 bits per heavy atom. The molecule has 0 amide bonds. The first-order chi connectivity index (χ1) is 15.6. The minimum Gasteiger partial charge on any atom is -1.00 e. The smallest absolute Gasteiger partial charge is 1.00 e. The van der Waals surface area contributed by atoms with Gasteiger partial charge in [-0.2, -0.15) is 0 Å². The van der Waals surface area contributed by atoms with Gasteiger partial charge in [-0.1, -0.05) is 123 Å². The number of unbranched alkanes of at least 4 members (excludes halogenated alkanes) is 18. The van der Waals surface area contributed by atoms with E-state index >= 15 is 0 Å². The van der Waals surface area contributed by atoms with Crippen molar-refractivity contribution in [2.45, 2.75) is 142 Å². The third kappa shape index (κ3) is 48.9. The Hall–Kier alpha value is 1.31. The fraction of sp³-hybridized carbons (Fsp3) is 1.00. The maximum absolute atomic E-state index is 9.99. The molecule has 0 atom stereocenters. The molecule has 0 saturated heterocycles. The number of halogens is 1. The molecule has 0 fully saturated rings. The number of rotatable bonds is 23. The van der Waals surface area contributed by atoms with E-state index in [-0.39, 0.29) is 53.1 Å². The zero-order valence-electron chi connectivity index (χ0n) is 24.4. The van der Waals surface area contributed by atoms with E-state index < -0.39 is 10.4 Å².